The molecule has 0 saturated carbocycles. The van der Waals surface area contributed by atoms with Crippen molar-refractivity contribution >= 4 is 68.4 Å². The number of rotatable bonds is 11. The molecule has 11 heteroatoms. The van der Waals surface area contributed by atoms with E-state index in [0.717, 1.165) is 21.3 Å². The topological polar surface area (TPSA) is 88.9 Å². The Hall–Kier alpha value is -2.33. The van der Waals surface area contributed by atoms with Crippen LogP contribution in [0.3, 0.4) is 0 Å². The second kappa shape index (κ2) is 13.6. The second-order valence-electron chi connectivity index (χ2n) is 9.20. The van der Waals surface area contributed by atoms with Gasteiger partial charge in [-0.25, -0.2) is 0 Å². The average molecular weight is 639 g/mol. The number of hydrogen-bond acceptors (Lipinski definition) is 5. The molecule has 0 spiro atoms. The quantitative estimate of drug-likeness (QED) is 0.169. The van der Waals surface area contributed by atoms with Crippen molar-refractivity contribution in [1.82, 2.24) is 20.1 Å². The monoisotopic (exact) mass is 637 g/mol. The SMILES string of the molecule is C=CCn1c(SCC(=O)Nc2ccc(Br)c(C)c2C)nnc1[C@H](CC(C)C)NC(=O)c1ccc(Cl)cc1Cl. The van der Waals surface area contributed by atoms with Gasteiger partial charge in [0.15, 0.2) is 11.0 Å². The summed E-state index contributed by atoms with van der Waals surface area (Å²) in [7, 11) is 0. The molecule has 0 radical (unpaired) electrons. The van der Waals surface area contributed by atoms with Gasteiger partial charge in [-0.05, 0) is 67.6 Å². The highest BCUT2D eigenvalue weighted by Gasteiger charge is 2.25. The fourth-order valence-electron chi connectivity index (χ4n) is 3.81. The molecule has 1 aromatic heterocycles. The third-order valence-electron chi connectivity index (χ3n) is 5.88. The molecule has 0 aliphatic carbocycles. The van der Waals surface area contributed by atoms with Crippen LogP contribution in [0.5, 0.6) is 0 Å². The van der Waals surface area contributed by atoms with Gasteiger partial charge in [0.05, 0.1) is 22.4 Å². The third kappa shape index (κ3) is 7.62. The Kier molecular flexibility index (Phi) is 10.8. The van der Waals surface area contributed by atoms with E-state index in [9.17, 15) is 9.59 Å². The number of allylic oxidation sites excluding steroid dienone is 1. The Morgan fingerprint density at radius 3 is 2.55 bits per heavy atom. The highest BCUT2D eigenvalue weighted by molar-refractivity contribution is 9.10. The molecule has 3 rings (SSSR count). The number of anilines is 1. The maximum Gasteiger partial charge on any atom is 0.253 e. The molecule has 1 atom stereocenters. The third-order valence-corrected chi connectivity index (χ3v) is 8.26. The van der Waals surface area contributed by atoms with Crippen LogP contribution in [-0.2, 0) is 11.3 Å². The minimum atomic E-state index is -0.432. The molecule has 1 heterocycles. The number of nitrogens with one attached hydrogen (secondary N) is 2. The Morgan fingerprint density at radius 2 is 1.89 bits per heavy atom. The van der Waals surface area contributed by atoms with Gasteiger partial charge >= 0.3 is 0 Å². The number of hydrogen-bond donors (Lipinski definition) is 2. The maximum absolute atomic E-state index is 13.1. The van der Waals surface area contributed by atoms with Crippen LogP contribution < -0.4 is 10.6 Å². The molecular formula is C27H30BrCl2N5O2S. The summed E-state index contributed by atoms with van der Waals surface area (Å²) in [5.41, 5.74) is 3.17. The lowest BCUT2D eigenvalue weighted by atomic mass is 10.0. The van der Waals surface area contributed by atoms with Crippen molar-refractivity contribution in [2.75, 3.05) is 11.1 Å². The molecule has 2 N–H and O–H groups in total. The summed E-state index contributed by atoms with van der Waals surface area (Å²) in [5.74, 6) is 0.498. The number of halogens is 3. The molecule has 0 unspecified atom stereocenters. The van der Waals surface area contributed by atoms with E-state index in [4.69, 9.17) is 23.2 Å². The highest BCUT2D eigenvalue weighted by atomic mass is 79.9. The van der Waals surface area contributed by atoms with E-state index in [2.05, 4.69) is 57.2 Å². The molecule has 0 aliphatic heterocycles. The first-order chi connectivity index (χ1) is 18.0. The Morgan fingerprint density at radius 1 is 1.16 bits per heavy atom. The predicted octanol–water partition coefficient (Wildman–Crippen LogP) is 7.40. The highest BCUT2D eigenvalue weighted by Crippen LogP contribution is 2.28. The van der Waals surface area contributed by atoms with Gasteiger partial charge in [-0.1, -0.05) is 70.8 Å². The molecular weight excluding hydrogens is 609 g/mol. The first kappa shape index (κ1) is 30.2. The van der Waals surface area contributed by atoms with Gasteiger partial charge in [-0.2, -0.15) is 0 Å². The van der Waals surface area contributed by atoms with Gasteiger partial charge < -0.3 is 15.2 Å². The normalized spacial score (nSPS) is 11.9. The predicted molar refractivity (Wildman–Crippen MR) is 159 cm³/mol. The van der Waals surface area contributed by atoms with Crippen molar-refractivity contribution in [1.29, 1.82) is 0 Å². The summed E-state index contributed by atoms with van der Waals surface area (Å²) in [4.78, 5) is 25.8. The zero-order valence-corrected chi connectivity index (χ0v) is 25.6. The van der Waals surface area contributed by atoms with Crippen LogP contribution >= 0.6 is 50.9 Å². The number of thioether (sulfide) groups is 1. The van der Waals surface area contributed by atoms with E-state index >= 15 is 0 Å². The van der Waals surface area contributed by atoms with Gasteiger partial charge in [-0.15, -0.1) is 16.8 Å². The molecule has 38 heavy (non-hydrogen) atoms. The number of carbonyl (C=O) groups excluding carboxylic acids is 2. The van der Waals surface area contributed by atoms with Crippen LogP contribution in [0.2, 0.25) is 10.0 Å². The first-order valence-corrected chi connectivity index (χ1v) is 14.5. The summed E-state index contributed by atoms with van der Waals surface area (Å²) in [5, 5.41) is 16.1. The Labute approximate surface area is 245 Å². The first-order valence-electron chi connectivity index (χ1n) is 12.0. The number of aromatic nitrogens is 3. The fraction of sp³-hybridized carbons (Fsp3) is 0.333. The van der Waals surface area contributed by atoms with Crippen LogP contribution in [-0.4, -0.2) is 32.3 Å². The van der Waals surface area contributed by atoms with Crippen LogP contribution in [0, 0.1) is 19.8 Å². The largest absolute Gasteiger partial charge is 0.342 e. The Balaban J connectivity index is 1.79. The van der Waals surface area contributed by atoms with E-state index in [1.807, 2.05) is 30.5 Å². The minimum Gasteiger partial charge on any atom is -0.342 e. The van der Waals surface area contributed by atoms with Gasteiger partial charge in [0.1, 0.15) is 0 Å². The summed E-state index contributed by atoms with van der Waals surface area (Å²) < 4.78 is 2.87. The summed E-state index contributed by atoms with van der Waals surface area (Å²) in [6, 6.07) is 8.11. The molecule has 2 amide bonds. The molecule has 0 saturated heterocycles. The summed E-state index contributed by atoms with van der Waals surface area (Å²) >= 11 is 17.0. The maximum atomic E-state index is 13.1. The van der Waals surface area contributed by atoms with Crippen molar-refractivity contribution in [2.24, 2.45) is 5.92 Å². The van der Waals surface area contributed by atoms with E-state index in [1.54, 1.807) is 18.2 Å². The number of amides is 2. The lowest BCUT2D eigenvalue weighted by molar-refractivity contribution is -0.113. The van der Waals surface area contributed by atoms with E-state index in [1.165, 1.54) is 17.8 Å². The second-order valence-corrected chi connectivity index (χ2v) is 11.8. The Bertz CT molecular complexity index is 1350. The lowest BCUT2D eigenvalue weighted by Gasteiger charge is -2.21. The average Bonchev–Trinajstić information content (AvgIpc) is 3.25. The molecule has 0 aliphatic rings. The number of nitrogens with zero attached hydrogens (tertiary/aromatic N) is 3. The minimum absolute atomic E-state index is 0.144. The molecule has 3 aromatic rings. The van der Waals surface area contributed by atoms with Crippen molar-refractivity contribution in [3.63, 3.8) is 0 Å². The standard InChI is InChI=1S/C27H30BrCl2N5O2S/c1-6-11-35-25(23(12-15(2)3)32-26(37)19-8-7-18(29)13-21(19)30)33-34-27(35)38-14-24(36)31-22-10-9-20(28)16(4)17(22)5/h6-10,13,15,23H,1,11-12,14H2,2-5H3,(H,31,36)(H,32,37)/t23-/m0/s1. The lowest BCUT2D eigenvalue weighted by Crippen LogP contribution is -2.32. The van der Waals surface area contributed by atoms with Crippen LogP contribution in [0.15, 0.2) is 52.6 Å². The fourth-order valence-corrected chi connectivity index (χ4v) is 5.49. The van der Waals surface area contributed by atoms with Gasteiger partial charge in [-0.3, -0.25) is 9.59 Å². The van der Waals surface area contributed by atoms with Crippen LogP contribution in [0.1, 0.15) is 53.6 Å². The zero-order valence-electron chi connectivity index (χ0n) is 21.6. The van der Waals surface area contributed by atoms with Gasteiger partial charge in [0.2, 0.25) is 5.91 Å². The van der Waals surface area contributed by atoms with E-state index < -0.39 is 6.04 Å². The summed E-state index contributed by atoms with van der Waals surface area (Å²) in [6.07, 6.45) is 2.36. The molecule has 202 valence electrons. The van der Waals surface area contributed by atoms with Crippen molar-refractivity contribution in [3.05, 3.63) is 80.0 Å². The number of benzene rings is 2. The van der Waals surface area contributed by atoms with Crippen molar-refractivity contribution in [2.45, 2.75) is 51.9 Å². The molecule has 2 aromatic carbocycles. The van der Waals surface area contributed by atoms with E-state index in [-0.39, 0.29) is 28.5 Å². The number of carbonyl (C=O) groups is 2. The molecule has 0 fully saturated rings. The zero-order chi connectivity index (χ0) is 28.0. The smallest absolute Gasteiger partial charge is 0.253 e. The molecule has 0 bridgehead atoms. The molecule has 7 nitrogen and oxygen atoms in total. The van der Waals surface area contributed by atoms with Crippen LogP contribution in [0.25, 0.3) is 0 Å². The van der Waals surface area contributed by atoms with Gasteiger partial charge in [0.25, 0.3) is 5.91 Å². The van der Waals surface area contributed by atoms with Crippen LogP contribution in [0.4, 0.5) is 5.69 Å². The summed E-state index contributed by atoms with van der Waals surface area (Å²) in [6.45, 7) is 12.4. The van der Waals surface area contributed by atoms with Crippen molar-refractivity contribution < 1.29 is 9.59 Å². The van der Waals surface area contributed by atoms with Gasteiger partial charge in [0, 0.05) is 21.7 Å². The van der Waals surface area contributed by atoms with Crippen molar-refractivity contribution in [3.8, 4) is 0 Å². The van der Waals surface area contributed by atoms with E-state index in [0.29, 0.717) is 34.5 Å².